The van der Waals surface area contributed by atoms with Crippen LogP contribution < -0.4 is 9.46 Å². The van der Waals surface area contributed by atoms with Crippen LogP contribution in [0.4, 0.5) is 0 Å². The Morgan fingerprint density at radius 3 is 2.62 bits per heavy atom. The summed E-state index contributed by atoms with van der Waals surface area (Å²) in [7, 11) is -3.50. The number of hydrogen-bond donors (Lipinski definition) is 1. The molecule has 0 aliphatic rings. The molecule has 1 rings (SSSR count). The lowest BCUT2D eigenvalue weighted by Crippen LogP contribution is -2.32. The molecule has 4 nitrogen and oxygen atoms in total. The van der Waals surface area contributed by atoms with Gasteiger partial charge in [0.05, 0.1) is 16.0 Å². The zero-order valence-corrected chi connectivity index (χ0v) is 15.3. The minimum absolute atomic E-state index is 0.0902. The smallest absolute Gasteiger partial charge is 0.240 e. The van der Waals surface area contributed by atoms with Crippen LogP contribution in [-0.4, -0.2) is 21.1 Å². The van der Waals surface area contributed by atoms with Crippen molar-refractivity contribution in [2.75, 3.05) is 6.61 Å². The molecule has 0 spiro atoms. The Hall–Kier alpha value is -0.590. The van der Waals surface area contributed by atoms with Crippen molar-refractivity contribution in [3.8, 4) is 5.75 Å². The highest BCUT2D eigenvalue weighted by atomic mass is 79.9. The van der Waals surface area contributed by atoms with Gasteiger partial charge in [0, 0.05) is 12.1 Å². The van der Waals surface area contributed by atoms with Crippen LogP contribution in [0.15, 0.2) is 27.6 Å². The van der Waals surface area contributed by atoms with E-state index < -0.39 is 10.0 Å². The van der Waals surface area contributed by atoms with Crippen molar-refractivity contribution in [2.24, 2.45) is 0 Å². The predicted molar refractivity (Wildman–Crippen MR) is 89.2 cm³/mol. The number of nitrogens with one attached hydrogen (secondary N) is 1. The van der Waals surface area contributed by atoms with Gasteiger partial charge in [-0.3, -0.25) is 0 Å². The van der Waals surface area contributed by atoms with Gasteiger partial charge in [-0.25, -0.2) is 13.1 Å². The molecule has 0 bridgehead atoms. The fourth-order valence-corrected chi connectivity index (χ4v) is 3.41. The molecule has 1 aromatic rings. The fourth-order valence-electron chi connectivity index (χ4n) is 1.71. The van der Waals surface area contributed by atoms with Gasteiger partial charge in [-0.2, -0.15) is 0 Å². The molecule has 120 valence electrons. The van der Waals surface area contributed by atoms with Crippen LogP contribution in [0.5, 0.6) is 5.75 Å². The summed E-state index contributed by atoms with van der Waals surface area (Å²) in [4.78, 5) is 0.233. The Morgan fingerprint density at radius 1 is 1.29 bits per heavy atom. The standard InChI is InChI=1S/C15H24BrNO3S/c1-4-6-7-10-20-15-11-13(8-9-14(15)16)21(18,19)17-12(3)5-2/h8-9,11-12,17H,4-7,10H2,1-3H3/t12-/m0/s1. The van der Waals surface area contributed by atoms with Gasteiger partial charge in [0.2, 0.25) is 10.0 Å². The molecule has 0 aliphatic carbocycles. The number of unbranched alkanes of at least 4 members (excludes halogenated alkanes) is 2. The summed E-state index contributed by atoms with van der Waals surface area (Å²) < 4.78 is 33.6. The third-order valence-corrected chi connectivity index (χ3v) is 5.43. The quantitative estimate of drug-likeness (QED) is 0.659. The first kappa shape index (κ1) is 18.5. The zero-order chi connectivity index (χ0) is 15.9. The molecular formula is C15H24BrNO3S. The summed E-state index contributed by atoms with van der Waals surface area (Å²) >= 11 is 3.39. The summed E-state index contributed by atoms with van der Waals surface area (Å²) in [5.74, 6) is 0.568. The highest BCUT2D eigenvalue weighted by Crippen LogP contribution is 2.28. The third kappa shape index (κ3) is 5.96. The van der Waals surface area contributed by atoms with Crippen molar-refractivity contribution in [3.63, 3.8) is 0 Å². The fraction of sp³-hybridized carbons (Fsp3) is 0.600. The van der Waals surface area contributed by atoms with Gasteiger partial charge in [-0.15, -0.1) is 0 Å². The van der Waals surface area contributed by atoms with E-state index in [0.29, 0.717) is 12.4 Å². The Kier molecular flexibility index (Phi) is 7.70. The number of benzene rings is 1. The summed E-state index contributed by atoms with van der Waals surface area (Å²) in [5, 5.41) is 0. The van der Waals surface area contributed by atoms with Crippen LogP contribution in [0, 0.1) is 0 Å². The molecular weight excluding hydrogens is 354 g/mol. The summed E-state index contributed by atoms with van der Waals surface area (Å²) in [6.45, 7) is 6.51. The van der Waals surface area contributed by atoms with E-state index in [1.165, 1.54) is 0 Å². The average Bonchev–Trinajstić information content (AvgIpc) is 2.44. The van der Waals surface area contributed by atoms with Gasteiger partial charge in [0.15, 0.2) is 0 Å². The Labute approximate surface area is 136 Å². The molecule has 1 atom stereocenters. The maximum Gasteiger partial charge on any atom is 0.240 e. The first-order valence-corrected chi connectivity index (χ1v) is 9.63. The monoisotopic (exact) mass is 377 g/mol. The Morgan fingerprint density at radius 2 is 2.00 bits per heavy atom. The molecule has 0 aromatic heterocycles. The van der Waals surface area contributed by atoms with Gasteiger partial charge in [-0.1, -0.05) is 26.7 Å². The van der Waals surface area contributed by atoms with E-state index in [9.17, 15) is 8.42 Å². The van der Waals surface area contributed by atoms with E-state index >= 15 is 0 Å². The maximum atomic E-state index is 12.3. The van der Waals surface area contributed by atoms with Crippen LogP contribution in [0.25, 0.3) is 0 Å². The van der Waals surface area contributed by atoms with Gasteiger partial charge in [0.1, 0.15) is 5.75 Å². The van der Waals surface area contributed by atoms with E-state index in [-0.39, 0.29) is 10.9 Å². The van der Waals surface area contributed by atoms with Crippen molar-refractivity contribution in [2.45, 2.75) is 57.4 Å². The lowest BCUT2D eigenvalue weighted by Gasteiger charge is -2.14. The number of ether oxygens (including phenoxy) is 1. The molecule has 0 unspecified atom stereocenters. The van der Waals surface area contributed by atoms with Crippen molar-refractivity contribution >= 4 is 26.0 Å². The van der Waals surface area contributed by atoms with Crippen molar-refractivity contribution in [1.29, 1.82) is 0 Å². The lowest BCUT2D eigenvalue weighted by molar-refractivity contribution is 0.303. The largest absolute Gasteiger partial charge is 0.492 e. The molecule has 0 radical (unpaired) electrons. The zero-order valence-electron chi connectivity index (χ0n) is 12.9. The van der Waals surface area contributed by atoms with Crippen LogP contribution in [0.2, 0.25) is 0 Å². The molecule has 21 heavy (non-hydrogen) atoms. The molecule has 1 N–H and O–H groups in total. The van der Waals surface area contributed by atoms with E-state index in [1.54, 1.807) is 18.2 Å². The molecule has 0 saturated heterocycles. The van der Waals surface area contributed by atoms with Crippen LogP contribution in [0.1, 0.15) is 46.5 Å². The highest BCUT2D eigenvalue weighted by Gasteiger charge is 2.18. The second-order valence-corrected chi connectivity index (χ2v) is 7.65. The second-order valence-electron chi connectivity index (χ2n) is 5.08. The Bertz CT molecular complexity index is 546. The van der Waals surface area contributed by atoms with Crippen LogP contribution in [-0.2, 0) is 10.0 Å². The molecule has 0 amide bonds. The molecule has 0 saturated carbocycles. The normalized spacial score (nSPS) is 13.1. The highest BCUT2D eigenvalue weighted by molar-refractivity contribution is 9.10. The van der Waals surface area contributed by atoms with Gasteiger partial charge in [0.25, 0.3) is 0 Å². The number of rotatable bonds is 9. The molecule has 1 aromatic carbocycles. The number of hydrogen-bond acceptors (Lipinski definition) is 3. The third-order valence-electron chi connectivity index (χ3n) is 3.19. The Balaban J connectivity index is 2.85. The lowest BCUT2D eigenvalue weighted by atomic mass is 10.3. The van der Waals surface area contributed by atoms with E-state index in [2.05, 4.69) is 27.6 Å². The summed E-state index contributed by atoms with van der Waals surface area (Å²) in [6.07, 6.45) is 3.93. The average molecular weight is 378 g/mol. The first-order valence-electron chi connectivity index (χ1n) is 7.35. The van der Waals surface area contributed by atoms with Gasteiger partial charge >= 0.3 is 0 Å². The van der Waals surface area contributed by atoms with Crippen molar-refractivity contribution < 1.29 is 13.2 Å². The van der Waals surface area contributed by atoms with Gasteiger partial charge < -0.3 is 4.74 Å². The van der Waals surface area contributed by atoms with E-state index in [1.807, 2.05) is 13.8 Å². The second kappa shape index (κ2) is 8.76. The predicted octanol–water partition coefficient (Wildman–Crippen LogP) is 4.09. The molecule has 0 heterocycles. The van der Waals surface area contributed by atoms with Crippen LogP contribution in [0.3, 0.4) is 0 Å². The first-order chi connectivity index (χ1) is 9.90. The summed E-state index contributed by atoms with van der Waals surface area (Å²) in [6, 6.07) is 4.77. The minimum atomic E-state index is -3.50. The number of sulfonamides is 1. The minimum Gasteiger partial charge on any atom is -0.492 e. The SMILES string of the molecule is CCCCCOc1cc(S(=O)(=O)N[C@@H](C)CC)ccc1Br. The van der Waals surface area contributed by atoms with E-state index in [4.69, 9.17) is 4.74 Å². The topological polar surface area (TPSA) is 55.4 Å². The van der Waals surface area contributed by atoms with Crippen molar-refractivity contribution in [1.82, 2.24) is 4.72 Å². The van der Waals surface area contributed by atoms with Crippen molar-refractivity contribution in [3.05, 3.63) is 22.7 Å². The van der Waals surface area contributed by atoms with Crippen LogP contribution >= 0.6 is 15.9 Å². The summed E-state index contributed by atoms with van der Waals surface area (Å²) in [5.41, 5.74) is 0. The number of halogens is 1. The maximum absolute atomic E-state index is 12.3. The molecule has 0 aliphatic heterocycles. The molecule has 0 fully saturated rings. The molecule has 6 heteroatoms. The van der Waals surface area contributed by atoms with Gasteiger partial charge in [-0.05, 0) is 47.8 Å². The van der Waals surface area contributed by atoms with E-state index in [0.717, 1.165) is 30.2 Å².